The highest BCUT2D eigenvalue weighted by atomic mass is 16.1. The summed E-state index contributed by atoms with van der Waals surface area (Å²) < 4.78 is 0. The molecule has 4 saturated carbocycles. The van der Waals surface area contributed by atoms with Crippen molar-refractivity contribution in [2.24, 2.45) is 29.1 Å². The van der Waals surface area contributed by atoms with Crippen LogP contribution in [0.15, 0.2) is 0 Å². The Morgan fingerprint density at radius 3 is 2.10 bits per heavy atom. The van der Waals surface area contributed by atoms with Gasteiger partial charge in [-0.05, 0) is 67.6 Å². The Bertz CT molecular complexity index is 335. The fraction of sp³-hybridized carbons (Fsp3) is 0.950. The van der Waals surface area contributed by atoms with Crippen molar-refractivity contribution in [2.75, 3.05) is 0 Å². The Labute approximate surface area is 131 Å². The predicted molar refractivity (Wildman–Crippen MR) is 88.2 cm³/mol. The molecule has 1 unspecified atom stereocenters. The van der Waals surface area contributed by atoms with Crippen LogP contribution in [0.25, 0.3) is 0 Å². The van der Waals surface area contributed by atoms with Gasteiger partial charge < -0.3 is 0 Å². The van der Waals surface area contributed by atoms with Crippen LogP contribution in [0.4, 0.5) is 0 Å². The van der Waals surface area contributed by atoms with Crippen LogP contribution in [0.2, 0.25) is 0 Å². The molecule has 0 saturated heterocycles. The van der Waals surface area contributed by atoms with Crippen molar-refractivity contribution < 1.29 is 4.79 Å². The number of hydrogen-bond donors (Lipinski definition) is 0. The Morgan fingerprint density at radius 2 is 1.62 bits per heavy atom. The van der Waals surface area contributed by atoms with Gasteiger partial charge in [-0.15, -0.1) is 0 Å². The normalized spacial score (nSPS) is 38.7. The van der Waals surface area contributed by atoms with E-state index < -0.39 is 0 Å². The number of Topliss-reactive ketones (excluding diaryl/α,β-unsaturated/α-hetero) is 1. The Hall–Kier alpha value is -0.330. The molecule has 0 aromatic heterocycles. The number of carbonyl (C=O) groups excluding carboxylic acids is 1. The van der Waals surface area contributed by atoms with Gasteiger partial charge in [-0.1, -0.05) is 39.5 Å². The highest BCUT2D eigenvalue weighted by molar-refractivity contribution is 5.79. The third-order valence-corrected chi connectivity index (χ3v) is 6.80. The maximum absolute atomic E-state index is 12.7. The van der Waals surface area contributed by atoms with Crippen molar-refractivity contribution in [3.63, 3.8) is 0 Å². The first-order chi connectivity index (χ1) is 10.1. The molecule has 0 N–H and O–H groups in total. The van der Waals surface area contributed by atoms with Crippen molar-refractivity contribution in [1.82, 2.24) is 0 Å². The molecule has 0 heterocycles. The molecule has 1 nitrogen and oxygen atoms in total. The van der Waals surface area contributed by atoms with Crippen LogP contribution in [-0.2, 0) is 4.79 Å². The summed E-state index contributed by atoms with van der Waals surface area (Å²) in [6.07, 6.45) is 15.4. The summed E-state index contributed by atoms with van der Waals surface area (Å²) in [4.78, 5) is 12.7. The van der Waals surface area contributed by atoms with Gasteiger partial charge in [-0.3, -0.25) is 4.79 Å². The summed E-state index contributed by atoms with van der Waals surface area (Å²) in [6, 6.07) is 0. The maximum atomic E-state index is 12.7. The molecule has 4 aliphatic rings. The predicted octanol–water partition coefficient (Wildman–Crippen LogP) is 5.77. The molecule has 21 heavy (non-hydrogen) atoms. The van der Waals surface area contributed by atoms with E-state index in [1.807, 2.05) is 0 Å². The molecule has 1 atom stereocenters. The number of carbonyl (C=O) groups is 1. The monoisotopic (exact) mass is 290 g/mol. The summed E-state index contributed by atoms with van der Waals surface area (Å²) in [7, 11) is 0. The smallest absolute Gasteiger partial charge is 0.133 e. The van der Waals surface area contributed by atoms with Gasteiger partial charge in [-0.2, -0.15) is 0 Å². The SMILES string of the molecule is CCCCC(CC)CC(=O)CC12CC3CC(CC(C3)C1)C2. The van der Waals surface area contributed by atoms with E-state index in [0.717, 1.165) is 30.6 Å². The summed E-state index contributed by atoms with van der Waals surface area (Å²) in [5.74, 6) is 4.19. The van der Waals surface area contributed by atoms with E-state index in [1.54, 1.807) is 0 Å². The number of rotatable bonds is 8. The quantitative estimate of drug-likeness (QED) is 0.554. The zero-order valence-corrected chi connectivity index (χ0v) is 14.2. The van der Waals surface area contributed by atoms with Crippen molar-refractivity contribution in [3.8, 4) is 0 Å². The molecule has 0 radical (unpaired) electrons. The van der Waals surface area contributed by atoms with Crippen LogP contribution in [0.1, 0.15) is 90.9 Å². The standard InChI is InChI=1S/C20H34O/c1-3-5-6-15(4-2)10-19(21)14-20-11-16-7-17(12-20)9-18(8-16)13-20/h15-18H,3-14H2,1-2H3. The van der Waals surface area contributed by atoms with Crippen LogP contribution in [0, 0.1) is 29.1 Å². The molecule has 4 fully saturated rings. The zero-order chi connectivity index (χ0) is 14.9. The lowest BCUT2D eigenvalue weighted by Gasteiger charge is -2.56. The van der Waals surface area contributed by atoms with E-state index in [9.17, 15) is 4.79 Å². The summed E-state index contributed by atoms with van der Waals surface area (Å²) >= 11 is 0. The number of hydrogen-bond acceptors (Lipinski definition) is 1. The first-order valence-corrected chi connectivity index (χ1v) is 9.64. The van der Waals surface area contributed by atoms with E-state index in [0.29, 0.717) is 17.1 Å². The third-order valence-electron chi connectivity index (χ3n) is 6.80. The van der Waals surface area contributed by atoms with E-state index in [2.05, 4.69) is 13.8 Å². The molecule has 0 spiro atoms. The minimum atomic E-state index is 0.453. The molecule has 0 aromatic carbocycles. The second-order valence-corrected chi connectivity index (χ2v) is 8.75. The number of unbranched alkanes of at least 4 members (excludes halogenated alkanes) is 1. The molecule has 0 amide bonds. The van der Waals surface area contributed by atoms with Gasteiger partial charge >= 0.3 is 0 Å². The van der Waals surface area contributed by atoms with Crippen LogP contribution in [0.3, 0.4) is 0 Å². The highest BCUT2D eigenvalue weighted by Gasteiger charge is 2.51. The average Bonchev–Trinajstić information content (AvgIpc) is 2.41. The zero-order valence-electron chi connectivity index (χ0n) is 14.2. The second kappa shape index (κ2) is 6.42. The fourth-order valence-electron chi connectivity index (χ4n) is 6.26. The van der Waals surface area contributed by atoms with Gasteiger partial charge in [-0.25, -0.2) is 0 Å². The first kappa shape index (κ1) is 15.6. The summed E-state index contributed by atoms with van der Waals surface area (Å²) in [6.45, 7) is 4.52. The highest BCUT2D eigenvalue weighted by Crippen LogP contribution is 2.61. The first-order valence-electron chi connectivity index (χ1n) is 9.64. The molecule has 4 aliphatic carbocycles. The topological polar surface area (TPSA) is 17.1 Å². The Morgan fingerprint density at radius 1 is 1.05 bits per heavy atom. The molecular formula is C20H34O. The van der Waals surface area contributed by atoms with Gasteiger partial charge in [0.25, 0.3) is 0 Å². The minimum absolute atomic E-state index is 0.453. The van der Waals surface area contributed by atoms with Gasteiger partial charge in [0.1, 0.15) is 5.78 Å². The third kappa shape index (κ3) is 3.54. The number of ketones is 1. The van der Waals surface area contributed by atoms with E-state index in [4.69, 9.17) is 0 Å². The second-order valence-electron chi connectivity index (χ2n) is 8.75. The van der Waals surface area contributed by atoms with E-state index >= 15 is 0 Å². The van der Waals surface area contributed by atoms with Crippen LogP contribution < -0.4 is 0 Å². The van der Waals surface area contributed by atoms with Gasteiger partial charge in [0.2, 0.25) is 0 Å². The summed E-state index contributed by atoms with van der Waals surface area (Å²) in [5.41, 5.74) is 0.453. The van der Waals surface area contributed by atoms with Gasteiger partial charge in [0, 0.05) is 12.8 Å². The Kier molecular flexibility index (Phi) is 4.76. The molecule has 1 heteroatoms. The lowest BCUT2D eigenvalue weighted by atomic mass is 9.48. The largest absolute Gasteiger partial charge is 0.300 e. The van der Waals surface area contributed by atoms with Crippen LogP contribution >= 0.6 is 0 Å². The van der Waals surface area contributed by atoms with Crippen molar-refractivity contribution in [2.45, 2.75) is 90.9 Å². The van der Waals surface area contributed by atoms with Crippen molar-refractivity contribution in [1.29, 1.82) is 0 Å². The maximum Gasteiger partial charge on any atom is 0.133 e. The van der Waals surface area contributed by atoms with Crippen molar-refractivity contribution in [3.05, 3.63) is 0 Å². The molecular weight excluding hydrogens is 256 g/mol. The minimum Gasteiger partial charge on any atom is -0.300 e. The van der Waals surface area contributed by atoms with Crippen LogP contribution in [0.5, 0.6) is 0 Å². The van der Waals surface area contributed by atoms with Crippen molar-refractivity contribution >= 4 is 5.78 Å². The Balaban J connectivity index is 1.54. The van der Waals surface area contributed by atoms with Crippen LogP contribution in [-0.4, -0.2) is 5.78 Å². The molecule has 4 bridgehead atoms. The van der Waals surface area contributed by atoms with E-state index in [1.165, 1.54) is 64.2 Å². The molecule has 0 aliphatic heterocycles. The molecule has 4 rings (SSSR count). The lowest BCUT2D eigenvalue weighted by molar-refractivity contribution is -0.128. The fourth-order valence-corrected chi connectivity index (χ4v) is 6.26. The average molecular weight is 290 g/mol. The van der Waals surface area contributed by atoms with Gasteiger partial charge in [0.15, 0.2) is 0 Å². The van der Waals surface area contributed by atoms with Gasteiger partial charge in [0.05, 0.1) is 0 Å². The van der Waals surface area contributed by atoms with E-state index in [-0.39, 0.29) is 0 Å². The summed E-state index contributed by atoms with van der Waals surface area (Å²) in [5, 5.41) is 0. The molecule has 120 valence electrons. The molecule has 0 aromatic rings. The lowest BCUT2D eigenvalue weighted by Crippen LogP contribution is -2.46.